The molecule has 3 heterocycles. The lowest BCUT2D eigenvalue weighted by molar-refractivity contribution is -0.364. The summed E-state index contributed by atoms with van der Waals surface area (Å²) in [6, 6.07) is 6.78. The van der Waals surface area contributed by atoms with Crippen LogP contribution in [-0.4, -0.2) is 33.9 Å². The van der Waals surface area contributed by atoms with Gasteiger partial charge in [-0.3, -0.25) is 4.79 Å². The van der Waals surface area contributed by atoms with Gasteiger partial charge in [-0.25, -0.2) is 15.3 Å². The molecule has 162 valence electrons. The molecule has 10 heteroatoms. The first kappa shape index (κ1) is 21.0. The van der Waals surface area contributed by atoms with Gasteiger partial charge >= 0.3 is 12.1 Å². The van der Waals surface area contributed by atoms with E-state index in [2.05, 4.69) is 25.6 Å². The van der Waals surface area contributed by atoms with E-state index in [0.29, 0.717) is 22.6 Å². The van der Waals surface area contributed by atoms with Crippen LogP contribution in [0.1, 0.15) is 37.1 Å². The number of aromatic amines is 2. The zero-order chi connectivity index (χ0) is 22.0. The van der Waals surface area contributed by atoms with Crippen LogP contribution in [-0.2, 0) is 11.0 Å². The fourth-order valence-electron chi connectivity index (χ4n) is 3.68. The number of alkyl halides is 3. The number of nitrogens with zero attached hydrogens (tertiary/aromatic N) is 2. The van der Waals surface area contributed by atoms with E-state index in [-0.39, 0.29) is 17.8 Å². The number of piperidine rings is 1. The van der Waals surface area contributed by atoms with Gasteiger partial charge in [-0.2, -0.15) is 13.2 Å². The van der Waals surface area contributed by atoms with Crippen molar-refractivity contribution < 1.29 is 22.9 Å². The van der Waals surface area contributed by atoms with Crippen molar-refractivity contribution in [3.63, 3.8) is 0 Å². The fourth-order valence-corrected chi connectivity index (χ4v) is 3.68. The minimum Gasteiger partial charge on any atom is -0.339 e. The van der Waals surface area contributed by atoms with E-state index in [4.69, 9.17) is 4.98 Å². The third-order valence-electron chi connectivity index (χ3n) is 5.16. The lowest BCUT2D eigenvalue weighted by Crippen LogP contribution is -2.27. The Hall–Kier alpha value is -3.27. The second-order valence-electron chi connectivity index (χ2n) is 7.45. The van der Waals surface area contributed by atoms with Gasteiger partial charge in [-0.05, 0) is 38.1 Å². The second-order valence-corrected chi connectivity index (χ2v) is 7.45. The molecule has 31 heavy (non-hydrogen) atoms. The number of hydrogen-bond acceptors (Lipinski definition) is 4. The molecular formula is C21H22F3N6O+. The quantitative estimate of drug-likeness (QED) is 0.590. The maximum atomic E-state index is 13.3. The van der Waals surface area contributed by atoms with Gasteiger partial charge < -0.3 is 10.3 Å². The molecule has 1 aromatic carbocycles. The zero-order valence-electron chi connectivity index (χ0n) is 16.8. The highest BCUT2D eigenvalue weighted by atomic mass is 19.4. The van der Waals surface area contributed by atoms with Crippen molar-refractivity contribution >= 4 is 11.9 Å². The molecule has 1 aliphatic heterocycles. The van der Waals surface area contributed by atoms with E-state index in [9.17, 15) is 18.0 Å². The van der Waals surface area contributed by atoms with Crippen molar-refractivity contribution in [3.05, 3.63) is 47.9 Å². The molecule has 1 saturated heterocycles. The van der Waals surface area contributed by atoms with E-state index >= 15 is 0 Å². The topological polar surface area (TPSA) is 96.8 Å². The molecule has 1 amide bonds. The molecule has 7 nitrogen and oxygen atoms in total. The lowest BCUT2D eigenvalue weighted by atomic mass is 9.98. The maximum Gasteiger partial charge on any atom is 0.416 e. The van der Waals surface area contributed by atoms with Gasteiger partial charge in [0.1, 0.15) is 11.5 Å². The number of aromatic nitrogens is 4. The summed E-state index contributed by atoms with van der Waals surface area (Å²) in [7, 11) is 0. The lowest BCUT2D eigenvalue weighted by Gasteiger charge is -2.20. The first-order chi connectivity index (χ1) is 14.8. The minimum absolute atomic E-state index is 0.171. The normalized spacial score (nSPS) is 15.1. The Labute approximate surface area is 176 Å². The molecular weight excluding hydrogens is 409 g/mol. The molecule has 0 saturated carbocycles. The van der Waals surface area contributed by atoms with Gasteiger partial charge in [0, 0.05) is 24.5 Å². The Morgan fingerprint density at radius 3 is 2.68 bits per heavy atom. The van der Waals surface area contributed by atoms with Crippen LogP contribution in [0.4, 0.5) is 19.1 Å². The van der Waals surface area contributed by atoms with Crippen LogP contribution < -0.4 is 15.6 Å². The van der Waals surface area contributed by atoms with E-state index in [1.165, 1.54) is 13.0 Å². The highest BCUT2D eigenvalue weighted by Crippen LogP contribution is 2.36. The van der Waals surface area contributed by atoms with E-state index in [1.807, 2.05) is 0 Å². The number of carbonyl (C=O) groups is 1. The minimum atomic E-state index is -4.46. The highest BCUT2D eigenvalue weighted by molar-refractivity contribution is 5.86. The van der Waals surface area contributed by atoms with E-state index < -0.39 is 11.7 Å². The third-order valence-corrected chi connectivity index (χ3v) is 5.16. The second kappa shape index (κ2) is 8.46. The average Bonchev–Trinajstić information content (AvgIpc) is 3.19. The summed E-state index contributed by atoms with van der Waals surface area (Å²) in [5.74, 6) is 0.835. The summed E-state index contributed by atoms with van der Waals surface area (Å²) in [5, 5.41) is 5.87. The molecule has 4 N–H and O–H groups in total. The largest absolute Gasteiger partial charge is 0.416 e. The van der Waals surface area contributed by atoms with Crippen molar-refractivity contribution in [2.75, 3.05) is 18.4 Å². The molecule has 4 rings (SSSR count). The predicted molar refractivity (Wildman–Crippen MR) is 108 cm³/mol. The Morgan fingerprint density at radius 2 is 1.97 bits per heavy atom. The van der Waals surface area contributed by atoms with Crippen LogP contribution in [0.25, 0.3) is 22.6 Å². The number of hydrogen-bond donors (Lipinski definition) is 3. The average molecular weight is 431 g/mol. The molecule has 1 fully saturated rings. The molecule has 2 aromatic heterocycles. The van der Waals surface area contributed by atoms with Crippen molar-refractivity contribution in [1.82, 2.24) is 20.3 Å². The highest BCUT2D eigenvalue weighted by Gasteiger charge is 2.31. The monoisotopic (exact) mass is 431 g/mol. The van der Waals surface area contributed by atoms with Crippen LogP contribution in [0, 0.1) is 0 Å². The zero-order valence-corrected chi connectivity index (χ0v) is 16.8. The van der Waals surface area contributed by atoms with Crippen LogP contribution >= 0.6 is 0 Å². The number of nitrogens with one attached hydrogen (secondary N) is 4. The van der Waals surface area contributed by atoms with Gasteiger partial charge in [0.05, 0.1) is 17.5 Å². The first-order valence-corrected chi connectivity index (χ1v) is 9.96. The number of benzene rings is 1. The number of halogens is 3. The summed E-state index contributed by atoms with van der Waals surface area (Å²) in [4.78, 5) is 26.6. The number of carbonyl (C=O) groups excluding carboxylic acids is 1. The Kier molecular flexibility index (Phi) is 5.73. The molecule has 0 spiro atoms. The van der Waals surface area contributed by atoms with Gasteiger partial charge in [0.25, 0.3) is 5.91 Å². The van der Waals surface area contributed by atoms with Gasteiger partial charge in [-0.1, -0.05) is 17.1 Å². The fraction of sp³-hybridized carbons (Fsp3) is 0.333. The molecule has 3 aromatic rings. The van der Waals surface area contributed by atoms with E-state index in [0.717, 1.165) is 43.9 Å². The molecule has 1 aliphatic rings. The Balaban J connectivity index is 1.82. The smallest absolute Gasteiger partial charge is 0.339 e. The first-order valence-electron chi connectivity index (χ1n) is 9.96. The standard InChI is InChI=1S/C21H21F3N6O/c1-12(31)27-20-26-10-7-16(28-20)18-17(14-3-2-4-15(11-14)21(22,23)24)29-19(30-18)13-5-8-25-9-6-13/h2-4,7,10-11,13,25H,5-6,8-9H2,1H3,(H,29,30)(H,26,27,28,31)/p+1. The van der Waals surface area contributed by atoms with Crippen LogP contribution in [0.5, 0.6) is 0 Å². The maximum absolute atomic E-state index is 13.3. The van der Waals surface area contributed by atoms with Crippen LogP contribution in [0.3, 0.4) is 0 Å². The third kappa shape index (κ3) is 4.74. The molecule has 0 unspecified atom stereocenters. The SMILES string of the molecule is CC(=O)Nc1nc(-c2[nH]c(C3CCNCC3)nc2-c2cccc(C(F)(F)F)c2)cc[nH+]1. The van der Waals surface area contributed by atoms with Crippen LogP contribution in [0.15, 0.2) is 36.5 Å². The van der Waals surface area contributed by atoms with Gasteiger partial charge in [0.2, 0.25) is 0 Å². The van der Waals surface area contributed by atoms with E-state index in [1.54, 1.807) is 18.3 Å². The van der Waals surface area contributed by atoms with Crippen molar-refractivity contribution in [2.45, 2.75) is 31.9 Å². The van der Waals surface area contributed by atoms with Gasteiger partial charge in [-0.15, -0.1) is 0 Å². The number of rotatable bonds is 4. The summed E-state index contributed by atoms with van der Waals surface area (Å²) in [5.41, 5.74) is 0.968. The summed E-state index contributed by atoms with van der Waals surface area (Å²) < 4.78 is 39.9. The number of anilines is 1. The van der Waals surface area contributed by atoms with Crippen molar-refractivity contribution in [1.29, 1.82) is 0 Å². The summed E-state index contributed by atoms with van der Waals surface area (Å²) in [6.45, 7) is 3.07. The Bertz CT molecular complexity index is 1090. The molecule has 0 bridgehead atoms. The summed E-state index contributed by atoms with van der Waals surface area (Å²) >= 11 is 0. The van der Waals surface area contributed by atoms with Crippen molar-refractivity contribution in [3.8, 4) is 22.6 Å². The Morgan fingerprint density at radius 1 is 1.19 bits per heavy atom. The van der Waals surface area contributed by atoms with Gasteiger partial charge in [0.15, 0.2) is 5.69 Å². The summed E-state index contributed by atoms with van der Waals surface area (Å²) in [6.07, 6.45) is -1.10. The van der Waals surface area contributed by atoms with Crippen LogP contribution in [0.2, 0.25) is 0 Å². The number of H-pyrrole nitrogens is 2. The molecule has 0 aliphatic carbocycles. The number of imidazole rings is 1. The molecule has 0 atom stereocenters. The van der Waals surface area contributed by atoms with Crippen molar-refractivity contribution in [2.24, 2.45) is 0 Å². The molecule has 0 radical (unpaired) electrons. The predicted octanol–water partition coefficient (Wildman–Crippen LogP) is 3.40. The number of amides is 1.